The molecule has 0 aliphatic carbocycles. The number of ketones is 1. The predicted octanol–water partition coefficient (Wildman–Crippen LogP) is 7.94. The first-order valence-electron chi connectivity index (χ1n) is 20.1. The number of pyridine rings is 1. The quantitative estimate of drug-likeness (QED) is 0.0711. The fourth-order valence-corrected chi connectivity index (χ4v) is 7.26. The van der Waals surface area contributed by atoms with Crippen LogP contribution in [0.15, 0.2) is 120 Å². The summed E-state index contributed by atoms with van der Waals surface area (Å²) in [6.45, 7) is 1.87. The molecule has 1 aromatic heterocycles. The second kappa shape index (κ2) is 21.7. The standard InChI is InChI=1S/C48H46ClN3O10/c1-31(45(47(56)60-29-33-11-5-3-6-12-33)51-48(57)61-30-34-13-7-4-8-14-34)62-46(55)35-18-16-32(17-19-35)23-42(53)41(25-38-15-9-10-22-59-38)52-28-43(58-2)40(26-44(52)54)39-24-37(49)21-20-36(39)27-50/h3-8,11-14,16-21,24,26,28,31,38,41,45H,9-10,15,22-23,25,29-30H2,1-2H3,(H,51,57)/t31-,38+,41?,45+/m1/s1. The van der Waals surface area contributed by atoms with Crippen LogP contribution in [0.5, 0.6) is 5.75 Å². The summed E-state index contributed by atoms with van der Waals surface area (Å²) in [4.78, 5) is 67.6. The first kappa shape index (κ1) is 44.8. The molecule has 2 heterocycles. The fourth-order valence-electron chi connectivity index (χ4n) is 7.09. The Hall–Kier alpha value is -6.75. The van der Waals surface area contributed by atoms with Gasteiger partial charge >= 0.3 is 18.0 Å². The molecule has 0 saturated carbocycles. The molecule has 4 aromatic carbocycles. The van der Waals surface area contributed by atoms with Gasteiger partial charge in [-0.1, -0.05) is 84.4 Å². The number of nitrogens with one attached hydrogen (secondary N) is 1. The number of ether oxygens (including phenoxy) is 5. The topological polar surface area (TPSA) is 172 Å². The zero-order chi connectivity index (χ0) is 44.0. The van der Waals surface area contributed by atoms with Crippen LogP contribution in [0.4, 0.5) is 4.79 Å². The third kappa shape index (κ3) is 12.0. The molecule has 0 spiro atoms. The summed E-state index contributed by atoms with van der Waals surface area (Å²) in [5.41, 5.74) is 2.74. The highest BCUT2D eigenvalue weighted by Gasteiger charge is 2.33. The summed E-state index contributed by atoms with van der Waals surface area (Å²) >= 11 is 6.26. The monoisotopic (exact) mass is 859 g/mol. The van der Waals surface area contributed by atoms with Gasteiger partial charge in [-0.25, -0.2) is 14.4 Å². The van der Waals surface area contributed by atoms with Crippen molar-refractivity contribution in [2.75, 3.05) is 13.7 Å². The van der Waals surface area contributed by atoms with Crippen molar-refractivity contribution in [3.05, 3.63) is 159 Å². The molecule has 1 aliphatic rings. The largest absolute Gasteiger partial charge is 0.495 e. The summed E-state index contributed by atoms with van der Waals surface area (Å²) in [5, 5.41) is 12.6. The maximum Gasteiger partial charge on any atom is 0.408 e. The summed E-state index contributed by atoms with van der Waals surface area (Å²) < 4.78 is 29.5. The minimum Gasteiger partial charge on any atom is -0.495 e. The number of amides is 1. The molecule has 14 heteroatoms. The van der Waals surface area contributed by atoms with Gasteiger partial charge in [0.25, 0.3) is 5.56 Å². The summed E-state index contributed by atoms with van der Waals surface area (Å²) in [6.07, 6.45) is 1.84. The lowest BCUT2D eigenvalue weighted by Crippen LogP contribution is -2.50. The van der Waals surface area contributed by atoms with Crippen LogP contribution in [0.2, 0.25) is 5.02 Å². The van der Waals surface area contributed by atoms with Gasteiger partial charge in [0.05, 0.1) is 42.6 Å². The van der Waals surface area contributed by atoms with Crippen LogP contribution in [-0.2, 0) is 48.2 Å². The van der Waals surface area contributed by atoms with Crippen molar-refractivity contribution in [1.29, 1.82) is 5.26 Å². The van der Waals surface area contributed by atoms with Gasteiger partial charge < -0.3 is 33.6 Å². The molecule has 1 N–H and O–H groups in total. The summed E-state index contributed by atoms with van der Waals surface area (Å²) in [6, 6.07) is 30.0. The summed E-state index contributed by atoms with van der Waals surface area (Å²) in [5.74, 6) is -1.63. The highest BCUT2D eigenvalue weighted by atomic mass is 35.5. The molecule has 1 fully saturated rings. The number of carbonyl (C=O) groups excluding carboxylic acids is 4. The smallest absolute Gasteiger partial charge is 0.408 e. The Morgan fingerprint density at radius 2 is 1.55 bits per heavy atom. The first-order valence-corrected chi connectivity index (χ1v) is 20.5. The van der Waals surface area contributed by atoms with Crippen molar-refractivity contribution in [2.45, 2.75) is 76.5 Å². The van der Waals surface area contributed by atoms with Gasteiger partial charge in [-0.15, -0.1) is 0 Å². The third-order valence-corrected chi connectivity index (χ3v) is 10.7. The highest BCUT2D eigenvalue weighted by Crippen LogP contribution is 2.34. The van der Waals surface area contributed by atoms with Gasteiger partial charge in [-0.3, -0.25) is 9.59 Å². The van der Waals surface area contributed by atoms with Gasteiger partial charge in [0.15, 0.2) is 11.8 Å². The lowest BCUT2D eigenvalue weighted by molar-refractivity contribution is -0.150. The van der Waals surface area contributed by atoms with E-state index in [-0.39, 0.29) is 49.3 Å². The molecule has 6 rings (SSSR count). The Kier molecular flexibility index (Phi) is 15.7. The van der Waals surface area contributed by atoms with E-state index in [9.17, 15) is 29.2 Å². The molecule has 5 aromatic rings. The number of hydrogen-bond donors (Lipinski definition) is 1. The van der Waals surface area contributed by atoms with E-state index < -0.39 is 41.8 Å². The molecule has 62 heavy (non-hydrogen) atoms. The van der Waals surface area contributed by atoms with Crippen LogP contribution in [0, 0.1) is 11.3 Å². The molecule has 13 nitrogen and oxygen atoms in total. The Labute approximate surface area is 364 Å². The number of aromatic nitrogens is 1. The number of esters is 2. The van der Waals surface area contributed by atoms with E-state index >= 15 is 0 Å². The average Bonchev–Trinajstić information content (AvgIpc) is 3.29. The van der Waals surface area contributed by atoms with Crippen molar-refractivity contribution in [3.8, 4) is 22.9 Å². The second-order valence-electron chi connectivity index (χ2n) is 14.8. The van der Waals surface area contributed by atoms with E-state index in [1.165, 1.54) is 43.0 Å². The average molecular weight is 860 g/mol. The molecular weight excluding hydrogens is 814 g/mol. The van der Waals surface area contributed by atoms with Gasteiger partial charge in [0.1, 0.15) is 25.1 Å². The Balaban J connectivity index is 1.16. The number of alkyl carbamates (subject to hydrolysis) is 1. The fraction of sp³-hybridized carbons (Fsp3) is 0.292. The van der Waals surface area contributed by atoms with E-state index in [1.807, 2.05) is 12.1 Å². The first-order chi connectivity index (χ1) is 30.0. The molecule has 4 atom stereocenters. The number of methoxy groups -OCH3 is 1. The summed E-state index contributed by atoms with van der Waals surface area (Å²) in [7, 11) is 1.44. The number of Topliss-reactive ketones (excluding diaryl/α,β-unsaturated/α-hetero) is 1. The van der Waals surface area contributed by atoms with E-state index in [0.29, 0.717) is 33.9 Å². The molecule has 1 amide bonds. The number of rotatable bonds is 17. The molecular formula is C48H46ClN3O10. The van der Waals surface area contributed by atoms with Crippen LogP contribution in [0.1, 0.15) is 71.3 Å². The van der Waals surface area contributed by atoms with Crippen molar-refractivity contribution < 1.29 is 42.9 Å². The van der Waals surface area contributed by atoms with E-state index in [2.05, 4.69) is 11.4 Å². The van der Waals surface area contributed by atoms with Crippen LogP contribution < -0.4 is 15.6 Å². The number of hydrogen-bond acceptors (Lipinski definition) is 11. The maximum absolute atomic E-state index is 14.2. The number of benzene rings is 4. The van der Waals surface area contributed by atoms with Gasteiger partial charge in [0, 0.05) is 41.7 Å². The lowest BCUT2D eigenvalue weighted by Gasteiger charge is -2.28. The van der Waals surface area contributed by atoms with Crippen LogP contribution in [0.3, 0.4) is 0 Å². The normalized spacial score (nSPS) is 14.9. The predicted molar refractivity (Wildman–Crippen MR) is 229 cm³/mol. The van der Waals surface area contributed by atoms with Crippen molar-refractivity contribution in [3.63, 3.8) is 0 Å². The molecule has 1 unspecified atom stereocenters. The van der Waals surface area contributed by atoms with Crippen molar-refractivity contribution >= 4 is 35.4 Å². The molecule has 320 valence electrons. The van der Waals surface area contributed by atoms with Crippen LogP contribution in [-0.4, -0.2) is 60.3 Å². The maximum atomic E-state index is 14.2. The molecule has 0 bridgehead atoms. The number of halogens is 1. The molecule has 0 radical (unpaired) electrons. The number of nitrogens with zero attached hydrogens (tertiary/aromatic N) is 2. The number of nitriles is 1. The highest BCUT2D eigenvalue weighted by molar-refractivity contribution is 6.31. The van der Waals surface area contributed by atoms with Gasteiger partial charge in [0.2, 0.25) is 0 Å². The Morgan fingerprint density at radius 3 is 2.18 bits per heavy atom. The van der Waals surface area contributed by atoms with E-state index in [1.54, 1.807) is 78.9 Å². The minimum atomic E-state index is -1.41. The zero-order valence-corrected chi connectivity index (χ0v) is 35.0. The third-order valence-electron chi connectivity index (χ3n) is 10.4. The SMILES string of the molecule is COc1cn(C(C[C@@H]2CCCCO2)C(=O)Cc2ccc(C(=O)O[C@H](C)[C@H](NC(=O)OCc3ccccc3)C(=O)OCc3ccccc3)cc2)c(=O)cc1-c1cc(Cl)ccc1C#N. The molecule has 1 aliphatic heterocycles. The Morgan fingerprint density at radius 1 is 0.871 bits per heavy atom. The van der Waals surface area contributed by atoms with Crippen LogP contribution in [0.25, 0.3) is 11.1 Å². The minimum absolute atomic E-state index is 0.0537. The van der Waals surface area contributed by atoms with Crippen molar-refractivity contribution in [1.82, 2.24) is 9.88 Å². The lowest BCUT2D eigenvalue weighted by atomic mass is 9.94. The van der Waals surface area contributed by atoms with Gasteiger partial charge in [-0.2, -0.15) is 5.26 Å². The zero-order valence-electron chi connectivity index (χ0n) is 34.3. The molecule has 1 saturated heterocycles. The van der Waals surface area contributed by atoms with E-state index in [0.717, 1.165) is 30.4 Å². The Bertz CT molecular complexity index is 2450. The number of carbonyl (C=O) groups is 4. The second-order valence-corrected chi connectivity index (χ2v) is 15.2. The van der Waals surface area contributed by atoms with E-state index in [4.69, 9.17) is 35.3 Å². The van der Waals surface area contributed by atoms with Gasteiger partial charge in [-0.05, 0) is 73.2 Å². The van der Waals surface area contributed by atoms with Crippen molar-refractivity contribution in [2.24, 2.45) is 0 Å². The van der Waals surface area contributed by atoms with Crippen LogP contribution >= 0.6 is 11.6 Å².